The van der Waals surface area contributed by atoms with Crippen molar-refractivity contribution in [1.82, 2.24) is 9.13 Å². The van der Waals surface area contributed by atoms with Gasteiger partial charge in [-0.1, -0.05) is 111 Å². The van der Waals surface area contributed by atoms with E-state index in [9.17, 15) is 0 Å². The Labute approximate surface area is 354 Å². The lowest BCUT2D eigenvalue weighted by molar-refractivity contribution is 0.661. The first-order chi connectivity index (χ1) is 28.8. The summed E-state index contributed by atoms with van der Waals surface area (Å²) < 4.78 is 7.78. The molecule has 59 heavy (non-hydrogen) atoms. The number of thiophene rings is 1. The van der Waals surface area contributed by atoms with Crippen LogP contribution in [0.25, 0.3) is 75.4 Å². The number of unbranched alkanes of at least 4 members (excludes halogenated alkanes) is 1. The van der Waals surface area contributed by atoms with E-state index in [1.165, 1.54) is 113 Å². The van der Waals surface area contributed by atoms with Crippen molar-refractivity contribution in [3.63, 3.8) is 0 Å². The fourth-order valence-electron chi connectivity index (χ4n) is 9.98. The summed E-state index contributed by atoms with van der Waals surface area (Å²) in [6, 6.07) is 54.4. The zero-order chi connectivity index (χ0) is 40.0. The monoisotopic (exact) mass is 798 g/mol. The first-order valence-electron chi connectivity index (χ1n) is 20.9. The second-order valence-electron chi connectivity index (χ2n) is 16.9. The molecule has 0 saturated carbocycles. The summed E-state index contributed by atoms with van der Waals surface area (Å²) in [4.78, 5) is 2.71. The molecule has 0 aliphatic heterocycles. The first kappa shape index (κ1) is 36.3. The van der Waals surface area contributed by atoms with Gasteiger partial charge >= 0.3 is 0 Å². The van der Waals surface area contributed by atoms with Crippen molar-refractivity contribution in [3.05, 3.63) is 185 Å². The Hall–Kier alpha value is -5.81. The average Bonchev–Trinajstić information content (AvgIpc) is 3.94. The van der Waals surface area contributed by atoms with Crippen LogP contribution >= 0.6 is 23.1 Å². The Morgan fingerprint density at radius 1 is 0.627 bits per heavy atom. The van der Waals surface area contributed by atoms with E-state index in [4.69, 9.17) is 0 Å². The van der Waals surface area contributed by atoms with Gasteiger partial charge in [-0.3, -0.25) is 0 Å². The molecule has 0 bridgehead atoms. The normalized spacial score (nSPS) is 13.7. The summed E-state index contributed by atoms with van der Waals surface area (Å²) in [5, 5.41) is 6.72. The van der Waals surface area contributed by atoms with E-state index in [0.29, 0.717) is 0 Å². The maximum Gasteiger partial charge on any atom is 0.0555 e. The molecule has 1 aliphatic carbocycles. The van der Waals surface area contributed by atoms with Gasteiger partial charge in [0.25, 0.3) is 0 Å². The van der Waals surface area contributed by atoms with Crippen LogP contribution in [0.1, 0.15) is 61.6 Å². The predicted molar refractivity (Wildman–Crippen MR) is 257 cm³/mol. The standard InChI is InChI=1S/C55H46N2S2/c1-34-18-12-16-26-51(34)58-35(2)19-13-15-25-47-36(3)41-30-42-43-31-44-50(33-46(43)55(4,5)45(42)32-49(41)56(47)37-20-8-6-9-21-37)57(38-22-10-7-11-23-38)48-29-28-40-39-24-14-17-27-52(39)59-54(40)53(44)48/h6-12,14,16-24,26-33H,13,15,25H2,1-5H3/b35-19+. The van der Waals surface area contributed by atoms with Crippen LogP contribution in [0.3, 0.4) is 0 Å². The van der Waals surface area contributed by atoms with Crippen molar-refractivity contribution in [1.29, 1.82) is 0 Å². The van der Waals surface area contributed by atoms with E-state index >= 15 is 0 Å². The smallest absolute Gasteiger partial charge is 0.0555 e. The molecule has 11 rings (SSSR count). The fourth-order valence-corrected chi connectivity index (χ4v) is 12.2. The van der Waals surface area contributed by atoms with Crippen molar-refractivity contribution in [2.75, 3.05) is 0 Å². The molecule has 0 saturated heterocycles. The molecule has 0 N–H and O–H groups in total. The highest BCUT2D eigenvalue weighted by atomic mass is 32.2. The third kappa shape index (κ3) is 5.68. The number of hydrogen-bond acceptors (Lipinski definition) is 2. The van der Waals surface area contributed by atoms with Gasteiger partial charge in [0, 0.05) is 63.7 Å². The Morgan fingerprint density at radius 2 is 1.25 bits per heavy atom. The van der Waals surface area contributed by atoms with Gasteiger partial charge in [0.2, 0.25) is 0 Å². The Kier molecular flexibility index (Phi) is 8.55. The number of para-hydroxylation sites is 2. The zero-order valence-corrected chi connectivity index (χ0v) is 35.9. The van der Waals surface area contributed by atoms with Crippen LogP contribution in [0.5, 0.6) is 0 Å². The largest absolute Gasteiger partial charge is 0.313 e. The molecule has 0 fully saturated rings. The van der Waals surface area contributed by atoms with Gasteiger partial charge in [-0.25, -0.2) is 0 Å². The summed E-state index contributed by atoms with van der Waals surface area (Å²) in [7, 11) is 0. The van der Waals surface area contributed by atoms with E-state index in [1.54, 1.807) is 0 Å². The van der Waals surface area contributed by atoms with Crippen molar-refractivity contribution in [2.24, 2.45) is 0 Å². The lowest BCUT2D eigenvalue weighted by Crippen LogP contribution is -2.15. The third-order valence-electron chi connectivity index (χ3n) is 13.0. The maximum absolute atomic E-state index is 2.56. The SMILES string of the molecule is C/C(=C\CCCc1c(C)c2cc3c(cc2n1-c1ccccc1)C(C)(C)c1cc2c(cc1-3)c1c3sc4ccccc4c3ccc1n2-c1ccccc1)Sc1ccccc1C. The number of aromatic nitrogens is 2. The molecule has 0 radical (unpaired) electrons. The predicted octanol–water partition coefficient (Wildman–Crippen LogP) is 16.0. The maximum atomic E-state index is 2.56. The highest BCUT2D eigenvalue weighted by Crippen LogP contribution is 2.54. The van der Waals surface area contributed by atoms with E-state index in [2.05, 4.69) is 195 Å². The number of aryl methyl sites for hydroxylation is 2. The number of nitrogens with zero attached hydrogens (tertiary/aromatic N) is 2. The second-order valence-corrected chi connectivity index (χ2v) is 19.2. The van der Waals surface area contributed by atoms with E-state index in [-0.39, 0.29) is 5.41 Å². The molecule has 1 aliphatic rings. The molecule has 0 spiro atoms. The summed E-state index contributed by atoms with van der Waals surface area (Å²) in [5.41, 5.74) is 15.8. The number of thioether (sulfide) groups is 1. The van der Waals surface area contributed by atoms with Crippen molar-refractivity contribution >= 4 is 76.0 Å². The van der Waals surface area contributed by atoms with Gasteiger partial charge in [0.15, 0.2) is 0 Å². The summed E-state index contributed by atoms with van der Waals surface area (Å²) in [6.45, 7) is 11.7. The molecule has 10 aromatic rings. The average molecular weight is 799 g/mol. The summed E-state index contributed by atoms with van der Waals surface area (Å²) in [5.74, 6) is 0. The molecular weight excluding hydrogens is 753 g/mol. The highest BCUT2D eigenvalue weighted by Gasteiger charge is 2.38. The van der Waals surface area contributed by atoms with Crippen LogP contribution in [0, 0.1) is 13.8 Å². The lowest BCUT2D eigenvalue weighted by Gasteiger charge is -2.22. The highest BCUT2D eigenvalue weighted by molar-refractivity contribution is 8.03. The summed E-state index contributed by atoms with van der Waals surface area (Å²) >= 11 is 3.82. The quantitative estimate of drug-likeness (QED) is 0.110. The van der Waals surface area contributed by atoms with Gasteiger partial charge in [-0.15, -0.1) is 11.3 Å². The Bertz CT molecular complexity index is 3320. The van der Waals surface area contributed by atoms with Crippen molar-refractivity contribution < 1.29 is 0 Å². The molecule has 7 aromatic carbocycles. The van der Waals surface area contributed by atoms with Gasteiger partial charge in [0.1, 0.15) is 0 Å². The molecule has 0 unspecified atom stereocenters. The second kappa shape index (κ2) is 13.9. The fraction of sp³-hybridized carbons (Fsp3) is 0.164. The molecule has 0 amide bonds. The van der Waals surface area contributed by atoms with E-state index in [1.807, 2.05) is 23.1 Å². The van der Waals surface area contributed by atoms with Crippen molar-refractivity contribution in [2.45, 2.75) is 64.2 Å². The van der Waals surface area contributed by atoms with Crippen molar-refractivity contribution in [3.8, 4) is 22.5 Å². The minimum Gasteiger partial charge on any atom is -0.313 e. The van der Waals surface area contributed by atoms with Crippen LogP contribution in [0.15, 0.2) is 161 Å². The number of rotatable bonds is 8. The van der Waals surface area contributed by atoms with E-state index in [0.717, 1.165) is 19.3 Å². The molecule has 2 nitrogen and oxygen atoms in total. The minimum atomic E-state index is -0.186. The molecule has 3 heterocycles. The molecule has 3 aromatic heterocycles. The van der Waals surface area contributed by atoms with Gasteiger partial charge in [-0.05, 0) is 145 Å². The van der Waals surface area contributed by atoms with Gasteiger partial charge in [-0.2, -0.15) is 0 Å². The number of allylic oxidation sites excluding steroid dienone is 2. The molecular formula is C55H46N2S2. The number of benzene rings is 7. The van der Waals surface area contributed by atoms with Gasteiger partial charge in [0.05, 0.1) is 16.6 Å². The molecule has 288 valence electrons. The van der Waals surface area contributed by atoms with Crippen LogP contribution in [0.4, 0.5) is 0 Å². The minimum absolute atomic E-state index is 0.186. The van der Waals surface area contributed by atoms with Gasteiger partial charge < -0.3 is 9.13 Å². The molecule has 0 atom stereocenters. The zero-order valence-electron chi connectivity index (χ0n) is 34.3. The number of hydrogen-bond donors (Lipinski definition) is 0. The van der Waals surface area contributed by atoms with Crippen LogP contribution < -0.4 is 0 Å². The topological polar surface area (TPSA) is 9.86 Å². The first-order valence-corrected chi connectivity index (χ1v) is 22.5. The third-order valence-corrected chi connectivity index (χ3v) is 15.3. The Morgan fingerprint density at radius 3 is 1.98 bits per heavy atom. The molecule has 4 heteroatoms. The van der Waals surface area contributed by atoms with Crippen LogP contribution in [0.2, 0.25) is 0 Å². The van der Waals surface area contributed by atoms with Crippen LogP contribution in [-0.2, 0) is 11.8 Å². The lowest BCUT2D eigenvalue weighted by atomic mass is 9.82. The van der Waals surface area contributed by atoms with E-state index < -0.39 is 0 Å². The van der Waals surface area contributed by atoms with Crippen LogP contribution in [-0.4, -0.2) is 9.13 Å². The summed E-state index contributed by atoms with van der Waals surface area (Å²) in [6.07, 6.45) is 5.60. The Balaban J connectivity index is 1.07. The number of fused-ring (bicyclic) bond motifs is 11.